The third-order valence-electron chi connectivity index (χ3n) is 7.00. The molecule has 5 rings (SSSR count). The number of anilines is 1. The van der Waals surface area contributed by atoms with Gasteiger partial charge in [-0.25, -0.2) is 9.97 Å². The van der Waals surface area contributed by atoms with Crippen molar-refractivity contribution in [2.24, 2.45) is 18.4 Å². The van der Waals surface area contributed by atoms with E-state index in [2.05, 4.69) is 59.1 Å². The summed E-state index contributed by atoms with van der Waals surface area (Å²) in [5.74, 6) is 1.71. The van der Waals surface area contributed by atoms with Crippen molar-refractivity contribution in [1.29, 1.82) is 0 Å². The molecule has 2 fully saturated rings. The zero-order valence-corrected chi connectivity index (χ0v) is 19.3. The molecular weight excluding hydrogens is 392 g/mol. The number of likely N-dealkylation sites (tertiary alicyclic amines) is 1. The van der Waals surface area contributed by atoms with E-state index in [-0.39, 0.29) is 0 Å². The summed E-state index contributed by atoms with van der Waals surface area (Å²) in [5.41, 5.74) is 1.72. The summed E-state index contributed by atoms with van der Waals surface area (Å²) in [6.07, 6.45) is 9.57. The standard InChI is InChI=1S/C23H32N6S/c1-5-18-10-19-21(24-15-25-22(19)30-18)29-9-7-23(14-29)6-8-28(13-23)20(16(2)3)17-11-26-27(4)12-17/h10-12,15-16,20H,5-9,13-14H2,1-4H3/t20-,23-/m1/s1. The predicted molar refractivity (Wildman–Crippen MR) is 123 cm³/mol. The van der Waals surface area contributed by atoms with Gasteiger partial charge in [-0.05, 0) is 37.8 Å². The molecule has 160 valence electrons. The summed E-state index contributed by atoms with van der Waals surface area (Å²) >= 11 is 1.81. The van der Waals surface area contributed by atoms with Crippen LogP contribution in [0.4, 0.5) is 5.82 Å². The van der Waals surface area contributed by atoms with Gasteiger partial charge in [-0.1, -0.05) is 20.8 Å². The van der Waals surface area contributed by atoms with Gasteiger partial charge >= 0.3 is 0 Å². The van der Waals surface area contributed by atoms with Crippen LogP contribution < -0.4 is 4.90 Å². The zero-order chi connectivity index (χ0) is 20.9. The summed E-state index contributed by atoms with van der Waals surface area (Å²) in [6.45, 7) is 11.4. The normalized spacial score (nSPS) is 23.4. The van der Waals surface area contributed by atoms with E-state index in [1.807, 2.05) is 23.1 Å². The number of rotatable bonds is 5. The number of aromatic nitrogens is 4. The van der Waals surface area contributed by atoms with Gasteiger partial charge in [0.15, 0.2) is 0 Å². The average molecular weight is 425 g/mol. The first-order valence-electron chi connectivity index (χ1n) is 11.2. The maximum absolute atomic E-state index is 4.72. The molecule has 2 atom stereocenters. The molecule has 0 unspecified atom stereocenters. The Morgan fingerprint density at radius 1 is 1.17 bits per heavy atom. The van der Waals surface area contributed by atoms with E-state index >= 15 is 0 Å². The summed E-state index contributed by atoms with van der Waals surface area (Å²) in [5, 5.41) is 5.68. The van der Waals surface area contributed by atoms with Gasteiger partial charge in [0.05, 0.1) is 11.6 Å². The Kier molecular flexibility index (Phi) is 5.06. The van der Waals surface area contributed by atoms with E-state index in [0.29, 0.717) is 17.4 Å². The highest BCUT2D eigenvalue weighted by Gasteiger charge is 2.46. The lowest BCUT2D eigenvalue weighted by Crippen LogP contribution is -2.34. The lowest BCUT2D eigenvalue weighted by molar-refractivity contribution is 0.170. The fourth-order valence-corrected chi connectivity index (χ4v) is 6.52. The third kappa shape index (κ3) is 3.42. The molecule has 0 aliphatic carbocycles. The van der Waals surface area contributed by atoms with Crippen LogP contribution in [0.3, 0.4) is 0 Å². The SMILES string of the molecule is CCc1cc2c(N3CC[C@@]4(CCN([C@@H](c5cnn(C)c5)C(C)C)C4)C3)ncnc2s1. The highest BCUT2D eigenvalue weighted by atomic mass is 32.1. The molecule has 2 aliphatic rings. The summed E-state index contributed by atoms with van der Waals surface area (Å²) in [7, 11) is 2.01. The van der Waals surface area contributed by atoms with Gasteiger partial charge in [-0.3, -0.25) is 9.58 Å². The lowest BCUT2D eigenvalue weighted by Gasteiger charge is -2.32. The molecule has 2 aliphatic heterocycles. The minimum absolute atomic E-state index is 0.371. The van der Waals surface area contributed by atoms with E-state index in [1.54, 1.807) is 6.33 Å². The van der Waals surface area contributed by atoms with Crippen molar-refractivity contribution in [3.63, 3.8) is 0 Å². The molecule has 5 heterocycles. The zero-order valence-electron chi connectivity index (χ0n) is 18.5. The van der Waals surface area contributed by atoms with E-state index < -0.39 is 0 Å². The molecule has 0 amide bonds. The Labute approximate surface area is 182 Å². The number of hydrogen-bond acceptors (Lipinski definition) is 6. The molecule has 6 nitrogen and oxygen atoms in total. The van der Waals surface area contributed by atoms with Crippen molar-refractivity contribution in [1.82, 2.24) is 24.6 Å². The number of thiophene rings is 1. The maximum atomic E-state index is 4.72. The summed E-state index contributed by atoms with van der Waals surface area (Å²) < 4.78 is 1.93. The Bertz CT molecular complexity index is 1040. The van der Waals surface area contributed by atoms with Crippen molar-refractivity contribution in [2.75, 3.05) is 31.1 Å². The third-order valence-corrected chi connectivity index (χ3v) is 8.19. The quantitative estimate of drug-likeness (QED) is 0.612. The Morgan fingerprint density at radius 2 is 2.00 bits per heavy atom. The van der Waals surface area contributed by atoms with E-state index in [9.17, 15) is 0 Å². The lowest BCUT2D eigenvalue weighted by atomic mass is 9.86. The van der Waals surface area contributed by atoms with Crippen molar-refractivity contribution >= 4 is 27.4 Å². The van der Waals surface area contributed by atoms with Crippen molar-refractivity contribution in [3.05, 3.63) is 35.2 Å². The number of fused-ring (bicyclic) bond motifs is 1. The average Bonchev–Trinajstić information content (AvgIpc) is 3.50. The highest BCUT2D eigenvalue weighted by molar-refractivity contribution is 7.18. The van der Waals surface area contributed by atoms with Crippen LogP contribution in [-0.4, -0.2) is 50.8 Å². The highest BCUT2D eigenvalue weighted by Crippen LogP contribution is 2.45. The molecule has 30 heavy (non-hydrogen) atoms. The second kappa shape index (κ2) is 7.61. The number of nitrogens with zero attached hydrogens (tertiary/aromatic N) is 6. The van der Waals surface area contributed by atoms with Gasteiger partial charge in [-0.15, -0.1) is 11.3 Å². The number of aryl methyl sites for hydroxylation is 2. The minimum atomic E-state index is 0.371. The van der Waals surface area contributed by atoms with E-state index in [4.69, 9.17) is 4.98 Å². The molecule has 0 N–H and O–H groups in total. The van der Waals surface area contributed by atoms with Crippen LogP contribution in [0.15, 0.2) is 24.8 Å². The monoisotopic (exact) mass is 424 g/mol. The second-order valence-corrected chi connectivity index (χ2v) is 10.6. The molecule has 3 aromatic rings. The molecule has 2 saturated heterocycles. The topological polar surface area (TPSA) is 50.1 Å². The Hall–Kier alpha value is -1.99. The van der Waals surface area contributed by atoms with Gasteiger partial charge in [-0.2, -0.15) is 5.10 Å². The first kappa shape index (κ1) is 19.9. The van der Waals surface area contributed by atoms with E-state index in [1.165, 1.54) is 41.8 Å². The molecule has 0 saturated carbocycles. The van der Waals surface area contributed by atoms with Crippen LogP contribution in [0.2, 0.25) is 0 Å². The summed E-state index contributed by atoms with van der Waals surface area (Å²) in [4.78, 5) is 17.0. The van der Waals surface area contributed by atoms with Crippen molar-refractivity contribution in [3.8, 4) is 0 Å². The molecule has 0 bridgehead atoms. The first-order valence-corrected chi connectivity index (χ1v) is 12.0. The molecule has 0 aromatic carbocycles. The number of hydrogen-bond donors (Lipinski definition) is 0. The fourth-order valence-electron chi connectivity index (χ4n) is 5.59. The molecule has 1 spiro atoms. The van der Waals surface area contributed by atoms with Crippen molar-refractivity contribution < 1.29 is 0 Å². The maximum Gasteiger partial charge on any atom is 0.140 e. The van der Waals surface area contributed by atoms with Gasteiger partial charge in [0.25, 0.3) is 0 Å². The van der Waals surface area contributed by atoms with Gasteiger partial charge in [0, 0.05) is 54.8 Å². The van der Waals surface area contributed by atoms with Crippen LogP contribution >= 0.6 is 11.3 Å². The predicted octanol–water partition coefficient (Wildman–Crippen LogP) is 4.29. The fraction of sp³-hybridized carbons (Fsp3) is 0.609. The van der Waals surface area contributed by atoms with Crippen molar-refractivity contribution in [2.45, 2.75) is 46.1 Å². The molecule has 3 aromatic heterocycles. The smallest absolute Gasteiger partial charge is 0.140 e. The molecule has 7 heteroatoms. The minimum Gasteiger partial charge on any atom is -0.355 e. The Morgan fingerprint density at radius 3 is 2.73 bits per heavy atom. The largest absolute Gasteiger partial charge is 0.355 e. The first-order chi connectivity index (χ1) is 14.5. The van der Waals surface area contributed by atoms with Gasteiger partial charge in [0.2, 0.25) is 0 Å². The van der Waals surface area contributed by atoms with Gasteiger partial charge < -0.3 is 4.90 Å². The van der Waals surface area contributed by atoms with Crippen LogP contribution in [0.1, 0.15) is 50.1 Å². The van der Waals surface area contributed by atoms with E-state index in [0.717, 1.165) is 30.2 Å². The molecule has 0 radical (unpaired) electrons. The van der Waals surface area contributed by atoms with Gasteiger partial charge in [0.1, 0.15) is 17.0 Å². The van der Waals surface area contributed by atoms with Crippen LogP contribution in [-0.2, 0) is 13.5 Å². The van der Waals surface area contributed by atoms with Crippen LogP contribution in [0, 0.1) is 11.3 Å². The molecular formula is C23H32N6S. The Balaban J connectivity index is 1.36. The second-order valence-electron chi connectivity index (χ2n) is 9.51. The van der Waals surface area contributed by atoms with Crippen LogP contribution in [0.5, 0.6) is 0 Å². The summed E-state index contributed by atoms with van der Waals surface area (Å²) in [6, 6.07) is 2.75. The van der Waals surface area contributed by atoms with Crippen LogP contribution in [0.25, 0.3) is 10.2 Å².